The first-order valence-electron chi connectivity index (χ1n) is 10.9. The molecule has 11 heteroatoms. The van der Waals surface area contributed by atoms with Crippen molar-refractivity contribution in [3.8, 4) is 0 Å². The van der Waals surface area contributed by atoms with Gasteiger partial charge in [-0.15, -0.1) is 0 Å². The van der Waals surface area contributed by atoms with E-state index in [1.54, 1.807) is 18.1 Å². The van der Waals surface area contributed by atoms with Gasteiger partial charge in [0.05, 0.1) is 28.8 Å². The average Bonchev–Trinajstić information content (AvgIpc) is 3.48. The Hall–Kier alpha value is -4.12. The lowest BCUT2D eigenvalue weighted by Crippen LogP contribution is -2.38. The Balaban J connectivity index is 1.59. The summed E-state index contributed by atoms with van der Waals surface area (Å²) < 4.78 is 4.77. The minimum atomic E-state index is -0.504. The van der Waals surface area contributed by atoms with Gasteiger partial charge in [0.25, 0.3) is 5.56 Å². The first-order chi connectivity index (χ1) is 16.8. The molecule has 4 aromatic heterocycles. The molecule has 0 fully saturated rings. The molecule has 0 aliphatic rings. The number of aryl methyl sites for hydroxylation is 3. The van der Waals surface area contributed by atoms with Gasteiger partial charge in [0.1, 0.15) is 6.54 Å². The summed E-state index contributed by atoms with van der Waals surface area (Å²) in [7, 11) is 2.95. The molecule has 0 bridgehead atoms. The molecule has 1 aromatic carbocycles. The van der Waals surface area contributed by atoms with Crippen molar-refractivity contribution in [2.45, 2.75) is 26.9 Å². The molecule has 5 aromatic rings. The highest BCUT2D eigenvalue weighted by Crippen LogP contribution is 2.32. The van der Waals surface area contributed by atoms with Crippen molar-refractivity contribution in [2.75, 3.05) is 4.90 Å². The van der Waals surface area contributed by atoms with Crippen molar-refractivity contribution in [1.29, 1.82) is 0 Å². The van der Waals surface area contributed by atoms with Gasteiger partial charge in [-0.3, -0.25) is 28.6 Å². The first kappa shape index (κ1) is 22.7. The zero-order valence-electron chi connectivity index (χ0n) is 19.7. The molecule has 0 aliphatic carbocycles. The van der Waals surface area contributed by atoms with Crippen molar-refractivity contribution >= 4 is 43.8 Å². The molecule has 0 saturated carbocycles. The van der Waals surface area contributed by atoms with Crippen LogP contribution >= 0.6 is 11.3 Å². The number of imidazole rings is 1. The fourth-order valence-corrected chi connectivity index (χ4v) is 5.04. The minimum Gasteiger partial charge on any atom is -0.315 e. The lowest BCUT2D eigenvalue weighted by Gasteiger charge is -2.20. The Morgan fingerprint density at radius 2 is 1.86 bits per heavy atom. The van der Waals surface area contributed by atoms with Gasteiger partial charge in [-0.25, -0.2) is 14.8 Å². The Labute approximate surface area is 203 Å². The van der Waals surface area contributed by atoms with Crippen LogP contribution in [0.2, 0.25) is 0 Å². The van der Waals surface area contributed by atoms with Crippen LogP contribution in [0, 0.1) is 13.8 Å². The summed E-state index contributed by atoms with van der Waals surface area (Å²) >= 11 is 1.43. The number of anilines is 1. The third-order valence-electron chi connectivity index (χ3n) is 6.17. The second-order valence-electron chi connectivity index (χ2n) is 8.40. The molecule has 4 heterocycles. The van der Waals surface area contributed by atoms with Gasteiger partial charge in [-0.1, -0.05) is 23.5 Å². The molecule has 0 radical (unpaired) electrons. The van der Waals surface area contributed by atoms with Crippen molar-refractivity contribution < 1.29 is 4.79 Å². The van der Waals surface area contributed by atoms with Crippen molar-refractivity contribution in [3.63, 3.8) is 0 Å². The largest absolute Gasteiger partial charge is 0.332 e. The zero-order valence-corrected chi connectivity index (χ0v) is 20.5. The van der Waals surface area contributed by atoms with E-state index in [2.05, 4.69) is 9.97 Å². The first-order valence-corrected chi connectivity index (χ1v) is 11.8. The number of aromatic nitrogens is 6. The standard InChI is InChI=1S/C24H23N7O3S/c1-14-8-9-17-19(15(14)2)27-23(35-17)31(11-16-7-5-6-10-25-16)18(32)12-30-13-26-21-20(30)22(33)29(4)24(34)28(21)3/h5-10,13H,11-12H2,1-4H3. The monoisotopic (exact) mass is 489 g/mol. The number of benzene rings is 1. The van der Waals surface area contributed by atoms with Crippen LogP contribution in [0.25, 0.3) is 21.4 Å². The lowest BCUT2D eigenvalue weighted by molar-refractivity contribution is -0.119. The van der Waals surface area contributed by atoms with Gasteiger partial charge in [-0.05, 0) is 43.2 Å². The van der Waals surface area contributed by atoms with Crippen LogP contribution in [0.1, 0.15) is 16.8 Å². The summed E-state index contributed by atoms with van der Waals surface area (Å²) in [6, 6.07) is 9.58. The summed E-state index contributed by atoms with van der Waals surface area (Å²) in [5, 5.41) is 0.550. The summed E-state index contributed by atoms with van der Waals surface area (Å²) in [6.07, 6.45) is 3.09. The van der Waals surface area contributed by atoms with E-state index < -0.39 is 11.2 Å². The van der Waals surface area contributed by atoms with Crippen LogP contribution < -0.4 is 16.1 Å². The molecular formula is C24H23N7O3S. The van der Waals surface area contributed by atoms with E-state index in [-0.39, 0.29) is 30.2 Å². The minimum absolute atomic E-state index is 0.148. The van der Waals surface area contributed by atoms with Crippen molar-refractivity contribution in [2.24, 2.45) is 14.1 Å². The summed E-state index contributed by atoms with van der Waals surface area (Å²) in [4.78, 5) is 53.7. The molecule has 0 N–H and O–H groups in total. The Kier molecular flexibility index (Phi) is 5.56. The number of fused-ring (bicyclic) bond motifs is 2. The highest BCUT2D eigenvalue weighted by Gasteiger charge is 2.24. The predicted octanol–water partition coefficient (Wildman–Crippen LogP) is 2.29. The molecule has 178 valence electrons. The third-order valence-corrected chi connectivity index (χ3v) is 7.22. The van der Waals surface area contributed by atoms with Crippen molar-refractivity contribution in [3.05, 3.63) is 80.5 Å². The number of carbonyl (C=O) groups is 1. The maximum atomic E-state index is 13.7. The number of carbonyl (C=O) groups excluding carboxylic acids is 1. The number of pyridine rings is 1. The molecule has 0 spiro atoms. The van der Waals surface area contributed by atoms with Crippen LogP contribution in [0.3, 0.4) is 0 Å². The molecule has 0 unspecified atom stereocenters. The fraction of sp³-hybridized carbons (Fsp3) is 0.250. The zero-order chi connectivity index (χ0) is 24.9. The van der Waals surface area contributed by atoms with Crippen LogP contribution in [-0.4, -0.2) is 34.6 Å². The van der Waals surface area contributed by atoms with E-state index in [1.807, 2.05) is 44.2 Å². The fourth-order valence-electron chi connectivity index (χ4n) is 3.99. The highest BCUT2D eigenvalue weighted by molar-refractivity contribution is 7.22. The van der Waals surface area contributed by atoms with E-state index in [9.17, 15) is 14.4 Å². The number of rotatable bonds is 5. The highest BCUT2D eigenvalue weighted by atomic mass is 32.1. The average molecular weight is 490 g/mol. The number of thiazole rings is 1. The second kappa shape index (κ2) is 8.58. The van der Waals surface area contributed by atoms with Gasteiger partial charge in [0.15, 0.2) is 16.3 Å². The topological polar surface area (TPSA) is 108 Å². The Morgan fingerprint density at radius 1 is 1.06 bits per heavy atom. The van der Waals surface area contributed by atoms with Gasteiger partial charge in [0.2, 0.25) is 5.91 Å². The van der Waals surface area contributed by atoms with Crippen LogP contribution in [0.5, 0.6) is 0 Å². The normalized spacial score (nSPS) is 11.4. The number of nitrogens with zero attached hydrogens (tertiary/aromatic N) is 7. The molecule has 10 nitrogen and oxygen atoms in total. The molecular weight excluding hydrogens is 466 g/mol. The van der Waals surface area contributed by atoms with Gasteiger partial charge < -0.3 is 4.57 Å². The quantitative estimate of drug-likeness (QED) is 0.375. The summed E-state index contributed by atoms with van der Waals surface area (Å²) in [5.74, 6) is -0.278. The number of hydrogen-bond donors (Lipinski definition) is 0. The maximum Gasteiger partial charge on any atom is 0.332 e. The third kappa shape index (κ3) is 3.83. The molecule has 35 heavy (non-hydrogen) atoms. The van der Waals surface area contributed by atoms with E-state index in [1.165, 1.54) is 33.8 Å². The van der Waals surface area contributed by atoms with Crippen LogP contribution in [-0.2, 0) is 32.0 Å². The van der Waals surface area contributed by atoms with E-state index in [0.717, 1.165) is 25.9 Å². The van der Waals surface area contributed by atoms with Gasteiger partial charge >= 0.3 is 5.69 Å². The summed E-state index contributed by atoms with van der Waals surface area (Å²) in [5.41, 5.74) is 3.21. The molecule has 0 atom stereocenters. The molecule has 0 aliphatic heterocycles. The van der Waals surface area contributed by atoms with E-state index in [0.29, 0.717) is 10.8 Å². The van der Waals surface area contributed by atoms with Gasteiger partial charge in [-0.2, -0.15) is 0 Å². The molecule has 5 rings (SSSR count). The van der Waals surface area contributed by atoms with E-state index in [4.69, 9.17) is 4.98 Å². The smallest absolute Gasteiger partial charge is 0.315 e. The summed E-state index contributed by atoms with van der Waals surface area (Å²) in [6.45, 7) is 4.12. The SMILES string of the molecule is Cc1ccc2sc(N(Cc3ccccn3)C(=O)Cn3cnc4c3c(=O)n(C)c(=O)n4C)nc2c1C. The second-order valence-corrected chi connectivity index (χ2v) is 9.41. The lowest BCUT2D eigenvalue weighted by atomic mass is 10.1. The van der Waals surface area contributed by atoms with E-state index >= 15 is 0 Å². The maximum absolute atomic E-state index is 13.7. The van der Waals surface area contributed by atoms with Crippen LogP contribution in [0.15, 0.2) is 52.4 Å². The Bertz CT molecular complexity index is 1710. The number of hydrogen-bond acceptors (Lipinski definition) is 7. The molecule has 0 saturated heterocycles. The Morgan fingerprint density at radius 3 is 2.60 bits per heavy atom. The predicted molar refractivity (Wildman–Crippen MR) is 135 cm³/mol. The van der Waals surface area contributed by atoms with Crippen molar-refractivity contribution in [1.82, 2.24) is 28.7 Å². The number of amides is 1. The van der Waals surface area contributed by atoms with Gasteiger partial charge in [0, 0.05) is 20.3 Å². The molecule has 1 amide bonds. The van der Waals surface area contributed by atoms with Crippen LogP contribution in [0.4, 0.5) is 5.13 Å².